The van der Waals surface area contributed by atoms with Gasteiger partial charge in [0.2, 0.25) is 5.91 Å². The molecule has 1 atom stereocenters. The van der Waals surface area contributed by atoms with Crippen molar-refractivity contribution in [1.29, 1.82) is 0 Å². The Balaban J connectivity index is 1.55. The number of aromatic nitrogens is 2. The van der Waals surface area contributed by atoms with Crippen LogP contribution in [0, 0.1) is 6.92 Å². The van der Waals surface area contributed by atoms with E-state index in [0.717, 1.165) is 22.4 Å². The number of benzene rings is 2. The number of nitrogens with zero attached hydrogens (tertiary/aromatic N) is 2. The van der Waals surface area contributed by atoms with Crippen LogP contribution in [-0.2, 0) is 9.59 Å². The van der Waals surface area contributed by atoms with Crippen LogP contribution in [0.5, 0.6) is 5.75 Å². The number of nitrogens with one attached hydrogen (secondary N) is 2. The van der Waals surface area contributed by atoms with Gasteiger partial charge in [0.15, 0.2) is 0 Å². The molecule has 2 aromatic carbocycles. The zero-order chi connectivity index (χ0) is 19.7. The lowest BCUT2D eigenvalue weighted by Gasteiger charge is -2.10. The van der Waals surface area contributed by atoms with E-state index < -0.39 is 6.04 Å². The first-order valence-corrected chi connectivity index (χ1v) is 8.94. The van der Waals surface area contributed by atoms with E-state index in [0.29, 0.717) is 11.5 Å². The third kappa shape index (κ3) is 3.34. The van der Waals surface area contributed by atoms with Gasteiger partial charge in [-0.2, -0.15) is 5.10 Å². The lowest BCUT2D eigenvalue weighted by Crippen LogP contribution is -2.23. The monoisotopic (exact) mass is 376 g/mol. The predicted molar refractivity (Wildman–Crippen MR) is 106 cm³/mol. The molecule has 1 aliphatic rings. The highest BCUT2D eigenvalue weighted by molar-refractivity contribution is 6.04. The summed E-state index contributed by atoms with van der Waals surface area (Å²) in [7, 11) is 1.60. The van der Waals surface area contributed by atoms with Crippen molar-refractivity contribution in [3.63, 3.8) is 0 Å². The molecule has 7 nitrogen and oxygen atoms in total. The quantitative estimate of drug-likeness (QED) is 0.715. The molecule has 0 radical (unpaired) electrons. The first-order chi connectivity index (χ1) is 13.5. The third-order valence-corrected chi connectivity index (χ3v) is 4.70. The first-order valence-electron chi connectivity index (χ1n) is 8.94. The standard InChI is InChI=1S/C21H20N4O3/c1-13-5-3-7-15(9-13)23-19(26)11-18-21(27)24-20-17(12-22-25(18)20)14-6-4-8-16(10-14)28-2/h3-10,12,18H,11H2,1-2H3,(H,23,26)(H,24,27). The van der Waals surface area contributed by atoms with Gasteiger partial charge < -0.3 is 15.4 Å². The molecule has 1 aliphatic heterocycles. The Hall–Kier alpha value is -3.61. The number of amides is 2. The number of fused-ring (bicyclic) bond motifs is 1. The van der Waals surface area contributed by atoms with Crippen LogP contribution in [0.3, 0.4) is 0 Å². The second kappa shape index (κ2) is 7.19. The molecule has 0 fully saturated rings. The summed E-state index contributed by atoms with van der Waals surface area (Å²) in [6.45, 7) is 1.95. The number of methoxy groups -OCH3 is 1. The Kier molecular flexibility index (Phi) is 4.57. The summed E-state index contributed by atoms with van der Waals surface area (Å²) in [6, 6.07) is 14.4. The topological polar surface area (TPSA) is 85.2 Å². The molecule has 2 N–H and O–H groups in total. The second-order valence-electron chi connectivity index (χ2n) is 6.71. The number of aryl methyl sites for hydroxylation is 1. The summed E-state index contributed by atoms with van der Waals surface area (Å²) in [6.07, 6.45) is 1.70. The fraction of sp³-hybridized carbons (Fsp3) is 0.190. The largest absolute Gasteiger partial charge is 0.497 e. The highest BCUT2D eigenvalue weighted by atomic mass is 16.5. The van der Waals surface area contributed by atoms with Crippen LogP contribution in [0.2, 0.25) is 0 Å². The number of ether oxygens (including phenoxy) is 1. The molecule has 1 aromatic heterocycles. The first kappa shape index (κ1) is 17.8. The summed E-state index contributed by atoms with van der Waals surface area (Å²) < 4.78 is 6.84. The Labute approximate surface area is 162 Å². The number of hydrogen-bond acceptors (Lipinski definition) is 4. The zero-order valence-corrected chi connectivity index (χ0v) is 15.6. The SMILES string of the molecule is COc1cccc(-c2cnn3c2NC(=O)C3CC(=O)Nc2cccc(C)c2)c1. The van der Waals surface area contributed by atoms with Gasteiger partial charge in [0, 0.05) is 11.3 Å². The molecule has 4 rings (SSSR count). The predicted octanol–water partition coefficient (Wildman–Crippen LogP) is 3.39. The number of carbonyl (C=O) groups excluding carboxylic acids is 2. The van der Waals surface area contributed by atoms with Crippen LogP contribution >= 0.6 is 0 Å². The van der Waals surface area contributed by atoms with Crippen LogP contribution in [0.4, 0.5) is 11.5 Å². The van der Waals surface area contributed by atoms with E-state index >= 15 is 0 Å². The number of anilines is 2. The summed E-state index contributed by atoms with van der Waals surface area (Å²) in [5, 5.41) is 10.0. The van der Waals surface area contributed by atoms with Gasteiger partial charge in [0.1, 0.15) is 17.6 Å². The van der Waals surface area contributed by atoms with Crippen molar-refractivity contribution < 1.29 is 14.3 Å². The molecule has 0 bridgehead atoms. The van der Waals surface area contributed by atoms with E-state index in [2.05, 4.69) is 15.7 Å². The van der Waals surface area contributed by atoms with Gasteiger partial charge >= 0.3 is 0 Å². The Morgan fingerprint density at radius 2 is 2.07 bits per heavy atom. The molecule has 3 aromatic rings. The summed E-state index contributed by atoms with van der Waals surface area (Å²) in [4.78, 5) is 24.9. The fourth-order valence-corrected chi connectivity index (χ4v) is 3.33. The fourth-order valence-electron chi connectivity index (χ4n) is 3.33. The minimum atomic E-state index is -0.681. The molecular formula is C21H20N4O3. The third-order valence-electron chi connectivity index (χ3n) is 4.70. The van der Waals surface area contributed by atoms with Crippen molar-refractivity contribution in [3.05, 3.63) is 60.3 Å². The van der Waals surface area contributed by atoms with Crippen LogP contribution in [0.25, 0.3) is 11.1 Å². The van der Waals surface area contributed by atoms with Crippen LogP contribution < -0.4 is 15.4 Å². The van der Waals surface area contributed by atoms with Gasteiger partial charge in [-0.05, 0) is 42.3 Å². The molecule has 2 amide bonds. The molecule has 0 aliphatic carbocycles. The van der Waals surface area contributed by atoms with Crippen molar-refractivity contribution in [1.82, 2.24) is 9.78 Å². The van der Waals surface area contributed by atoms with E-state index in [4.69, 9.17) is 4.74 Å². The van der Waals surface area contributed by atoms with E-state index in [1.165, 1.54) is 0 Å². The average Bonchev–Trinajstić information content (AvgIpc) is 3.21. The minimum absolute atomic E-state index is 0.00596. The van der Waals surface area contributed by atoms with E-state index in [1.54, 1.807) is 18.0 Å². The molecular weight excluding hydrogens is 356 g/mol. The van der Waals surface area contributed by atoms with Gasteiger partial charge in [-0.15, -0.1) is 0 Å². The molecule has 7 heteroatoms. The molecule has 0 spiro atoms. The Morgan fingerprint density at radius 1 is 1.25 bits per heavy atom. The lowest BCUT2D eigenvalue weighted by atomic mass is 10.1. The number of rotatable bonds is 5. The van der Waals surface area contributed by atoms with Crippen molar-refractivity contribution in [2.75, 3.05) is 17.7 Å². The van der Waals surface area contributed by atoms with Gasteiger partial charge in [0.25, 0.3) is 5.91 Å². The number of hydrogen-bond donors (Lipinski definition) is 2. The van der Waals surface area contributed by atoms with Crippen LogP contribution in [0.15, 0.2) is 54.7 Å². The summed E-state index contributed by atoms with van der Waals surface area (Å²) in [5.74, 6) is 0.825. The van der Waals surface area contributed by atoms with Crippen molar-refractivity contribution in [2.24, 2.45) is 0 Å². The zero-order valence-electron chi connectivity index (χ0n) is 15.6. The molecule has 1 unspecified atom stereocenters. The van der Waals surface area contributed by atoms with Crippen LogP contribution in [0.1, 0.15) is 18.0 Å². The van der Waals surface area contributed by atoms with Gasteiger partial charge in [-0.1, -0.05) is 24.3 Å². The van der Waals surface area contributed by atoms with Gasteiger partial charge in [-0.3, -0.25) is 9.59 Å². The van der Waals surface area contributed by atoms with E-state index in [-0.39, 0.29) is 18.2 Å². The maximum absolute atomic E-state index is 12.5. The second-order valence-corrected chi connectivity index (χ2v) is 6.71. The molecule has 0 saturated carbocycles. The highest BCUT2D eigenvalue weighted by Gasteiger charge is 2.35. The van der Waals surface area contributed by atoms with Gasteiger partial charge in [-0.25, -0.2) is 4.68 Å². The normalized spacial score (nSPS) is 15.1. The van der Waals surface area contributed by atoms with Crippen molar-refractivity contribution in [2.45, 2.75) is 19.4 Å². The molecule has 28 heavy (non-hydrogen) atoms. The molecule has 0 saturated heterocycles. The summed E-state index contributed by atoms with van der Waals surface area (Å²) >= 11 is 0. The minimum Gasteiger partial charge on any atom is -0.497 e. The maximum atomic E-state index is 12.5. The van der Waals surface area contributed by atoms with Gasteiger partial charge in [0.05, 0.1) is 19.7 Å². The van der Waals surface area contributed by atoms with E-state index in [9.17, 15) is 9.59 Å². The Bertz CT molecular complexity index is 1060. The van der Waals surface area contributed by atoms with Crippen LogP contribution in [-0.4, -0.2) is 28.7 Å². The van der Waals surface area contributed by atoms with E-state index in [1.807, 2.05) is 55.5 Å². The van der Waals surface area contributed by atoms with Crippen molar-refractivity contribution >= 4 is 23.3 Å². The molecule has 142 valence electrons. The highest BCUT2D eigenvalue weighted by Crippen LogP contribution is 2.36. The number of carbonyl (C=O) groups is 2. The average molecular weight is 376 g/mol. The lowest BCUT2D eigenvalue weighted by molar-refractivity contribution is -0.123. The maximum Gasteiger partial charge on any atom is 0.251 e. The van der Waals surface area contributed by atoms with Crippen molar-refractivity contribution in [3.8, 4) is 16.9 Å². The Morgan fingerprint density at radius 3 is 2.86 bits per heavy atom. The smallest absolute Gasteiger partial charge is 0.251 e. The molecule has 2 heterocycles. The summed E-state index contributed by atoms with van der Waals surface area (Å²) in [5.41, 5.74) is 3.43.